The van der Waals surface area contributed by atoms with Crippen molar-refractivity contribution in [2.24, 2.45) is 0 Å². The van der Waals surface area contributed by atoms with Gasteiger partial charge in [0.2, 0.25) is 0 Å². The lowest BCUT2D eigenvalue weighted by molar-refractivity contribution is 0.268. The van der Waals surface area contributed by atoms with Gasteiger partial charge in [-0.2, -0.15) is 0 Å². The summed E-state index contributed by atoms with van der Waals surface area (Å²) < 4.78 is 4.57. The van der Waals surface area contributed by atoms with E-state index < -0.39 is 0 Å². The summed E-state index contributed by atoms with van der Waals surface area (Å²) in [6.07, 6.45) is 32.2. The van der Waals surface area contributed by atoms with E-state index in [2.05, 4.69) is 11.7 Å². The predicted molar refractivity (Wildman–Crippen MR) is 124 cm³/mol. The Morgan fingerprint density at radius 1 is 0.429 bits per heavy atom. The fourth-order valence-corrected chi connectivity index (χ4v) is 4.00. The third kappa shape index (κ3) is 25.5. The molecular weight excluding hydrogens is 344 g/mol. The van der Waals surface area contributed by atoms with Crippen molar-refractivity contribution < 1.29 is 9.53 Å². The first kappa shape index (κ1) is 27.5. The van der Waals surface area contributed by atoms with Crippen LogP contribution in [0, 0.1) is 0 Å². The first-order valence-corrected chi connectivity index (χ1v) is 12.9. The zero-order chi connectivity index (χ0) is 20.4. The Balaban J connectivity index is 2.97. The van der Waals surface area contributed by atoms with E-state index in [4.69, 9.17) is 0 Å². The van der Waals surface area contributed by atoms with Gasteiger partial charge in [0, 0.05) is 0 Å². The van der Waals surface area contributed by atoms with Gasteiger partial charge >= 0.3 is 6.47 Å². The second-order valence-electron chi connectivity index (χ2n) is 8.71. The maximum Gasteiger partial charge on any atom is 0.417 e. The molecule has 0 saturated heterocycles. The molecule has 0 fully saturated rings. The van der Waals surface area contributed by atoms with Gasteiger partial charge in [0.15, 0.2) is 0 Å². The summed E-state index contributed by atoms with van der Waals surface area (Å²) in [7, 11) is 0. The predicted octanol–water partition coefficient (Wildman–Crippen LogP) is 9.06. The molecule has 0 aromatic heterocycles. The molecule has 0 aromatic carbocycles. The van der Waals surface area contributed by atoms with Crippen LogP contribution in [0.1, 0.15) is 155 Å². The summed E-state index contributed by atoms with van der Waals surface area (Å²) in [6, 6.07) is 0. The maximum atomic E-state index is 9.88. The number of ether oxygens (including phenoxy) is 1. The Morgan fingerprint density at radius 2 is 0.679 bits per heavy atom. The van der Waals surface area contributed by atoms with Gasteiger partial charge in [0.1, 0.15) is 0 Å². The highest BCUT2D eigenvalue weighted by Crippen LogP contribution is 2.15. The summed E-state index contributed by atoms with van der Waals surface area (Å²) in [5.74, 6) is 0. The number of unbranched alkanes of at least 4 members (excludes halogenated alkanes) is 22. The number of hydrogen-bond acceptors (Lipinski definition) is 2. The SMILES string of the molecule is CCCCCCCCCCCCCCCCCCCCCCCCCO[C]=O. The van der Waals surface area contributed by atoms with Crippen LogP contribution in [0.5, 0.6) is 0 Å². The van der Waals surface area contributed by atoms with Gasteiger partial charge in [-0.3, -0.25) is 0 Å². The molecule has 0 spiro atoms. The van der Waals surface area contributed by atoms with E-state index in [9.17, 15) is 4.79 Å². The summed E-state index contributed by atoms with van der Waals surface area (Å²) in [6.45, 7) is 4.32. The molecule has 0 bridgehead atoms. The molecule has 28 heavy (non-hydrogen) atoms. The summed E-state index contributed by atoms with van der Waals surface area (Å²) in [5.41, 5.74) is 0. The molecule has 0 aliphatic rings. The molecule has 0 heterocycles. The fourth-order valence-electron chi connectivity index (χ4n) is 4.00. The quantitative estimate of drug-likeness (QED) is 0.144. The third-order valence-electron chi connectivity index (χ3n) is 5.91. The molecule has 0 aromatic rings. The van der Waals surface area contributed by atoms with Crippen molar-refractivity contribution in [3.63, 3.8) is 0 Å². The average molecular weight is 396 g/mol. The molecule has 0 aliphatic carbocycles. The minimum Gasteiger partial charge on any atom is -0.457 e. The van der Waals surface area contributed by atoms with Crippen LogP contribution in [0.2, 0.25) is 0 Å². The summed E-state index contributed by atoms with van der Waals surface area (Å²) in [4.78, 5) is 9.88. The van der Waals surface area contributed by atoms with E-state index in [0.717, 1.165) is 6.42 Å². The number of hydrogen-bond donors (Lipinski definition) is 0. The highest BCUT2D eigenvalue weighted by Gasteiger charge is 1.96. The third-order valence-corrected chi connectivity index (χ3v) is 5.91. The fraction of sp³-hybridized carbons (Fsp3) is 0.962. The minimum absolute atomic E-state index is 0.544. The largest absolute Gasteiger partial charge is 0.457 e. The van der Waals surface area contributed by atoms with Gasteiger partial charge < -0.3 is 4.74 Å². The lowest BCUT2D eigenvalue weighted by Gasteiger charge is -2.04. The topological polar surface area (TPSA) is 26.3 Å². The minimum atomic E-state index is 0.544. The molecular formula is C26H51O2. The van der Waals surface area contributed by atoms with Crippen LogP contribution >= 0.6 is 0 Å². The lowest BCUT2D eigenvalue weighted by atomic mass is 10.0. The number of rotatable bonds is 25. The Kier molecular flexibility index (Phi) is 26.0. The van der Waals surface area contributed by atoms with E-state index in [-0.39, 0.29) is 0 Å². The van der Waals surface area contributed by atoms with Gasteiger partial charge in [-0.15, -0.1) is 0 Å². The van der Waals surface area contributed by atoms with Crippen LogP contribution in [0.4, 0.5) is 0 Å². The molecule has 1 radical (unpaired) electrons. The molecule has 0 N–H and O–H groups in total. The van der Waals surface area contributed by atoms with Crippen LogP contribution in [0.15, 0.2) is 0 Å². The first-order valence-electron chi connectivity index (χ1n) is 12.9. The molecule has 2 nitrogen and oxygen atoms in total. The Bertz CT molecular complexity index is 278. The summed E-state index contributed by atoms with van der Waals surface area (Å²) >= 11 is 0. The number of carbonyl (C=O) groups excluding carboxylic acids is 1. The highest BCUT2D eigenvalue weighted by atomic mass is 16.5. The first-order chi connectivity index (χ1) is 13.9. The van der Waals surface area contributed by atoms with Crippen molar-refractivity contribution in [2.45, 2.75) is 155 Å². The zero-order valence-electron chi connectivity index (χ0n) is 19.3. The second-order valence-corrected chi connectivity index (χ2v) is 8.71. The van der Waals surface area contributed by atoms with Crippen molar-refractivity contribution in [3.05, 3.63) is 0 Å². The van der Waals surface area contributed by atoms with Gasteiger partial charge in [-0.1, -0.05) is 148 Å². The monoisotopic (exact) mass is 395 g/mol. The van der Waals surface area contributed by atoms with E-state index in [0.29, 0.717) is 6.61 Å². The molecule has 2 heteroatoms. The smallest absolute Gasteiger partial charge is 0.417 e. The summed E-state index contributed by atoms with van der Waals surface area (Å²) in [5, 5.41) is 0. The molecule has 0 aliphatic heterocycles. The Hall–Kier alpha value is -0.530. The normalized spacial score (nSPS) is 11.0. The lowest BCUT2D eigenvalue weighted by Crippen LogP contribution is -1.91. The van der Waals surface area contributed by atoms with E-state index in [1.807, 2.05) is 0 Å². The van der Waals surface area contributed by atoms with Gasteiger partial charge in [0.05, 0.1) is 6.61 Å². The van der Waals surface area contributed by atoms with Crippen LogP contribution < -0.4 is 0 Å². The average Bonchev–Trinajstić information content (AvgIpc) is 2.71. The van der Waals surface area contributed by atoms with Crippen LogP contribution in [-0.2, 0) is 9.53 Å². The molecule has 0 atom stereocenters. The van der Waals surface area contributed by atoms with Crippen molar-refractivity contribution in [3.8, 4) is 0 Å². The standard InChI is InChI=1S/C26H51O2/c1-2-3-4-5-6-7-8-9-10-11-12-13-14-15-16-17-18-19-20-21-22-23-24-25-28-26-27/h2-25H2,1H3. The van der Waals surface area contributed by atoms with E-state index in [1.54, 1.807) is 0 Å². The molecule has 0 unspecified atom stereocenters. The van der Waals surface area contributed by atoms with Crippen molar-refractivity contribution in [2.75, 3.05) is 6.61 Å². The van der Waals surface area contributed by atoms with Crippen LogP contribution in [-0.4, -0.2) is 13.1 Å². The van der Waals surface area contributed by atoms with Crippen LogP contribution in [0.3, 0.4) is 0 Å². The zero-order valence-corrected chi connectivity index (χ0v) is 19.3. The van der Waals surface area contributed by atoms with Crippen molar-refractivity contribution >= 4 is 6.47 Å². The maximum absolute atomic E-state index is 9.88. The molecule has 0 rings (SSSR count). The Labute approximate surface area is 177 Å². The highest BCUT2D eigenvalue weighted by molar-refractivity contribution is 5.37. The van der Waals surface area contributed by atoms with E-state index >= 15 is 0 Å². The molecule has 0 saturated carbocycles. The van der Waals surface area contributed by atoms with E-state index in [1.165, 1.54) is 148 Å². The van der Waals surface area contributed by atoms with Crippen molar-refractivity contribution in [1.82, 2.24) is 0 Å². The Morgan fingerprint density at radius 3 is 0.929 bits per heavy atom. The van der Waals surface area contributed by atoms with Crippen molar-refractivity contribution in [1.29, 1.82) is 0 Å². The molecule has 0 amide bonds. The molecule has 167 valence electrons. The van der Waals surface area contributed by atoms with Gasteiger partial charge in [-0.25, -0.2) is 4.79 Å². The van der Waals surface area contributed by atoms with Gasteiger partial charge in [0.25, 0.3) is 0 Å². The van der Waals surface area contributed by atoms with Crippen LogP contribution in [0.25, 0.3) is 0 Å². The second kappa shape index (κ2) is 26.5. The van der Waals surface area contributed by atoms with Gasteiger partial charge in [-0.05, 0) is 6.42 Å².